The summed E-state index contributed by atoms with van der Waals surface area (Å²) in [5, 5.41) is 6.32. The number of aryl methyl sites for hydroxylation is 1. The van der Waals surface area contributed by atoms with Gasteiger partial charge in [0, 0.05) is 23.9 Å². The van der Waals surface area contributed by atoms with Crippen LogP contribution < -0.4 is 5.32 Å². The summed E-state index contributed by atoms with van der Waals surface area (Å²) in [5.41, 5.74) is 3.47. The van der Waals surface area contributed by atoms with Gasteiger partial charge in [-0.1, -0.05) is 24.3 Å². The molecule has 1 heterocycles. The smallest absolute Gasteiger partial charge is 0.220 e. The van der Waals surface area contributed by atoms with E-state index >= 15 is 0 Å². The molecule has 2 aliphatic rings. The number of nitrogens with zero attached hydrogens (tertiary/aromatic N) is 1. The van der Waals surface area contributed by atoms with Crippen LogP contribution in [0, 0.1) is 24.7 Å². The van der Waals surface area contributed by atoms with E-state index in [4.69, 9.17) is 0 Å². The maximum absolute atomic E-state index is 12.2. The Labute approximate surface area is 153 Å². The van der Waals surface area contributed by atoms with Gasteiger partial charge in [-0.25, -0.2) is 4.98 Å². The fourth-order valence-corrected chi connectivity index (χ4v) is 4.36. The minimum absolute atomic E-state index is 0.248. The molecule has 0 saturated heterocycles. The van der Waals surface area contributed by atoms with Gasteiger partial charge in [-0.3, -0.25) is 4.79 Å². The van der Waals surface area contributed by atoms with Crippen molar-refractivity contribution >= 4 is 17.2 Å². The number of nitrogens with one attached hydrogen (secondary N) is 1. The molecular formula is C21H26N2OS. The Balaban J connectivity index is 1.23. The van der Waals surface area contributed by atoms with E-state index in [1.54, 1.807) is 11.3 Å². The number of benzene rings is 1. The van der Waals surface area contributed by atoms with Gasteiger partial charge in [0.15, 0.2) is 0 Å². The summed E-state index contributed by atoms with van der Waals surface area (Å²) < 4.78 is 0. The van der Waals surface area contributed by atoms with E-state index in [-0.39, 0.29) is 5.91 Å². The fourth-order valence-electron chi connectivity index (χ4n) is 3.74. The second kappa shape index (κ2) is 7.28. The van der Waals surface area contributed by atoms with E-state index in [0.717, 1.165) is 47.5 Å². The summed E-state index contributed by atoms with van der Waals surface area (Å²) in [6, 6.07) is 8.55. The van der Waals surface area contributed by atoms with Crippen LogP contribution in [0.4, 0.5) is 0 Å². The summed E-state index contributed by atoms with van der Waals surface area (Å²) in [6.45, 7) is 2.76. The number of rotatable bonds is 8. The Morgan fingerprint density at radius 1 is 1.20 bits per heavy atom. The zero-order chi connectivity index (χ0) is 17.2. The molecule has 0 radical (unpaired) electrons. The van der Waals surface area contributed by atoms with Crippen LogP contribution in [0.25, 0.3) is 11.3 Å². The highest BCUT2D eigenvalue weighted by Gasteiger charge is 2.42. The van der Waals surface area contributed by atoms with Crippen molar-refractivity contribution in [2.45, 2.75) is 45.4 Å². The topological polar surface area (TPSA) is 42.0 Å². The van der Waals surface area contributed by atoms with Gasteiger partial charge >= 0.3 is 0 Å². The van der Waals surface area contributed by atoms with E-state index < -0.39 is 0 Å². The second-order valence-corrected chi connectivity index (χ2v) is 8.65. The van der Waals surface area contributed by atoms with E-state index in [2.05, 4.69) is 39.9 Å². The SMILES string of the molecule is Cc1nc(-c2ccc(CCNC(=O)CC(C3CC3)C3CC3)cc2)cs1. The lowest BCUT2D eigenvalue weighted by Crippen LogP contribution is -2.28. The maximum Gasteiger partial charge on any atom is 0.220 e. The number of aromatic nitrogens is 1. The number of carbonyl (C=O) groups excluding carboxylic acids is 1. The van der Waals surface area contributed by atoms with Crippen molar-refractivity contribution in [3.05, 3.63) is 40.2 Å². The van der Waals surface area contributed by atoms with Gasteiger partial charge in [0.05, 0.1) is 10.7 Å². The molecular weight excluding hydrogens is 328 g/mol. The Kier molecular flexibility index (Phi) is 4.89. The van der Waals surface area contributed by atoms with Gasteiger partial charge in [-0.2, -0.15) is 0 Å². The minimum Gasteiger partial charge on any atom is -0.356 e. The van der Waals surface area contributed by atoms with Crippen LogP contribution in [0.2, 0.25) is 0 Å². The molecule has 2 aliphatic carbocycles. The highest BCUT2D eigenvalue weighted by Crippen LogP contribution is 2.50. The number of amides is 1. The van der Waals surface area contributed by atoms with Crippen molar-refractivity contribution in [1.82, 2.24) is 10.3 Å². The zero-order valence-corrected chi connectivity index (χ0v) is 15.6. The van der Waals surface area contributed by atoms with Crippen LogP contribution >= 0.6 is 11.3 Å². The quantitative estimate of drug-likeness (QED) is 0.752. The standard InChI is InChI=1S/C21H26N2OS/c1-14-23-20(13-25-14)18-4-2-15(3-5-18)10-11-22-21(24)12-19(16-6-7-16)17-8-9-17/h2-5,13,16-17,19H,6-12H2,1H3,(H,22,24). The number of carbonyl (C=O) groups is 1. The van der Waals surface area contributed by atoms with Gasteiger partial charge < -0.3 is 5.32 Å². The molecule has 0 atom stereocenters. The summed E-state index contributed by atoms with van der Waals surface area (Å²) in [4.78, 5) is 16.8. The van der Waals surface area contributed by atoms with Crippen LogP contribution in [-0.2, 0) is 11.2 Å². The Morgan fingerprint density at radius 3 is 2.44 bits per heavy atom. The molecule has 2 aromatic rings. The molecule has 2 saturated carbocycles. The molecule has 0 unspecified atom stereocenters. The monoisotopic (exact) mass is 354 g/mol. The Bertz CT molecular complexity index is 717. The highest BCUT2D eigenvalue weighted by atomic mass is 32.1. The van der Waals surface area contributed by atoms with Gasteiger partial charge in [-0.15, -0.1) is 11.3 Å². The van der Waals surface area contributed by atoms with Gasteiger partial charge in [0.25, 0.3) is 0 Å². The molecule has 2 fully saturated rings. The number of hydrogen-bond donors (Lipinski definition) is 1. The molecule has 132 valence electrons. The zero-order valence-electron chi connectivity index (χ0n) is 14.8. The first-order chi connectivity index (χ1) is 12.2. The highest BCUT2D eigenvalue weighted by molar-refractivity contribution is 7.09. The number of hydrogen-bond acceptors (Lipinski definition) is 3. The van der Waals surface area contributed by atoms with Crippen LogP contribution in [0.5, 0.6) is 0 Å². The van der Waals surface area contributed by atoms with Crippen molar-refractivity contribution in [1.29, 1.82) is 0 Å². The predicted octanol–water partition coefficient (Wildman–Crippen LogP) is 4.60. The Morgan fingerprint density at radius 2 is 1.88 bits per heavy atom. The van der Waals surface area contributed by atoms with E-state index in [9.17, 15) is 4.79 Å². The first-order valence-electron chi connectivity index (χ1n) is 9.47. The average molecular weight is 355 g/mol. The van der Waals surface area contributed by atoms with E-state index in [1.165, 1.54) is 31.2 Å². The second-order valence-electron chi connectivity index (χ2n) is 7.59. The van der Waals surface area contributed by atoms with Crippen LogP contribution in [0.15, 0.2) is 29.6 Å². The molecule has 1 amide bonds. The third-order valence-electron chi connectivity index (χ3n) is 5.48. The molecule has 1 aromatic carbocycles. The summed E-state index contributed by atoms with van der Waals surface area (Å²) in [5.74, 6) is 2.61. The first kappa shape index (κ1) is 16.8. The largest absolute Gasteiger partial charge is 0.356 e. The molecule has 1 aromatic heterocycles. The lowest BCUT2D eigenvalue weighted by molar-refractivity contribution is -0.122. The molecule has 4 rings (SSSR count). The van der Waals surface area contributed by atoms with Crippen LogP contribution in [-0.4, -0.2) is 17.4 Å². The van der Waals surface area contributed by atoms with Crippen molar-refractivity contribution in [2.24, 2.45) is 17.8 Å². The summed E-state index contributed by atoms with van der Waals surface area (Å²) >= 11 is 1.68. The summed E-state index contributed by atoms with van der Waals surface area (Å²) in [6.07, 6.45) is 7.02. The summed E-state index contributed by atoms with van der Waals surface area (Å²) in [7, 11) is 0. The van der Waals surface area contributed by atoms with Gasteiger partial charge in [0.1, 0.15) is 0 Å². The molecule has 1 N–H and O–H groups in total. The van der Waals surface area contributed by atoms with Crippen LogP contribution in [0.1, 0.15) is 42.7 Å². The van der Waals surface area contributed by atoms with Gasteiger partial charge in [0.2, 0.25) is 5.91 Å². The van der Waals surface area contributed by atoms with Crippen molar-refractivity contribution in [2.75, 3.05) is 6.54 Å². The maximum atomic E-state index is 12.2. The third-order valence-corrected chi connectivity index (χ3v) is 6.25. The lowest BCUT2D eigenvalue weighted by Gasteiger charge is -2.15. The fraction of sp³-hybridized carbons (Fsp3) is 0.524. The molecule has 3 nitrogen and oxygen atoms in total. The minimum atomic E-state index is 0.248. The molecule has 0 spiro atoms. The Hall–Kier alpha value is -1.68. The average Bonchev–Trinajstić information content (AvgIpc) is 3.53. The van der Waals surface area contributed by atoms with Crippen LogP contribution in [0.3, 0.4) is 0 Å². The van der Waals surface area contributed by atoms with E-state index in [0.29, 0.717) is 5.92 Å². The molecule has 4 heteroatoms. The molecule has 25 heavy (non-hydrogen) atoms. The number of thiazole rings is 1. The van der Waals surface area contributed by atoms with Crippen molar-refractivity contribution in [3.63, 3.8) is 0 Å². The first-order valence-corrected chi connectivity index (χ1v) is 10.3. The third kappa shape index (κ3) is 4.49. The predicted molar refractivity (Wildman–Crippen MR) is 103 cm³/mol. The van der Waals surface area contributed by atoms with Gasteiger partial charge in [-0.05, 0) is 62.3 Å². The lowest BCUT2D eigenvalue weighted by atomic mass is 9.94. The van der Waals surface area contributed by atoms with Crippen molar-refractivity contribution in [3.8, 4) is 11.3 Å². The van der Waals surface area contributed by atoms with E-state index in [1.807, 2.05) is 6.92 Å². The van der Waals surface area contributed by atoms with Crippen molar-refractivity contribution < 1.29 is 4.79 Å². The molecule has 0 aliphatic heterocycles. The molecule has 0 bridgehead atoms. The normalized spacial score (nSPS) is 17.0.